The van der Waals surface area contributed by atoms with Crippen LogP contribution in [0.2, 0.25) is 5.02 Å². The van der Waals surface area contributed by atoms with E-state index in [2.05, 4.69) is 10.0 Å². The van der Waals surface area contributed by atoms with Crippen molar-refractivity contribution in [3.8, 4) is 0 Å². The summed E-state index contributed by atoms with van der Waals surface area (Å²) in [5.74, 6) is -0.868. The third-order valence-corrected chi connectivity index (χ3v) is 9.57. The van der Waals surface area contributed by atoms with Gasteiger partial charge in [-0.3, -0.25) is 9.59 Å². The Morgan fingerprint density at radius 1 is 1.12 bits per heavy atom. The molecule has 1 atom stereocenters. The highest BCUT2D eigenvalue weighted by molar-refractivity contribution is 7.99. The SMILES string of the molecule is CCN(CC1=C(c2ccc(Cl)cc2)S(=O)(=O)NC12CCCC2)C(=O)C(COCc1ccccc1)NC(=O)C(C)(C)N.Cl. The fraction of sp³-hybridized carbons (Fsp3) is 0.467. The minimum absolute atomic E-state index is 0. The van der Waals surface area contributed by atoms with Gasteiger partial charge in [0.15, 0.2) is 0 Å². The molecule has 4 rings (SSSR count). The molecule has 12 heteroatoms. The number of nitrogens with two attached hydrogens (primary N) is 1. The molecule has 2 aromatic rings. The van der Waals surface area contributed by atoms with Gasteiger partial charge in [-0.05, 0) is 62.4 Å². The normalized spacial score (nSPS) is 18.0. The zero-order chi connectivity index (χ0) is 29.8. The standard InChI is InChI=1S/C30H39ClN4O5S.ClH/c1-4-35(27(36)25(33-28(37)29(2,3)32)20-40-19-21-10-6-5-7-11-21)18-24-26(22-12-14-23(31)15-13-22)41(38,39)34-30(24)16-8-9-17-30;/h5-7,10-15,25,34H,4,8-9,16-20,32H2,1-3H3,(H,33,37);1H. The van der Waals surface area contributed by atoms with Crippen LogP contribution in [0.5, 0.6) is 0 Å². The summed E-state index contributed by atoms with van der Waals surface area (Å²) in [6.07, 6.45) is 3.04. The Morgan fingerprint density at radius 2 is 1.74 bits per heavy atom. The Labute approximate surface area is 259 Å². The monoisotopic (exact) mass is 638 g/mol. The summed E-state index contributed by atoms with van der Waals surface area (Å²) in [6.45, 7) is 5.52. The average molecular weight is 640 g/mol. The molecule has 0 radical (unpaired) electrons. The Morgan fingerprint density at radius 3 is 2.31 bits per heavy atom. The Kier molecular flexibility index (Phi) is 11.2. The topological polar surface area (TPSA) is 131 Å². The molecule has 0 saturated heterocycles. The molecule has 0 bridgehead atoms. The van der Waals surface area contributed by atoms with Crippen molar-refractivity contribution in [2.75, 3.05) is 19.7 Å². The lowest BCUT2D eigenvalue weighted by Gasteiger charge is -2.33. The summed E-state index contributed by atoms with van der Waals surface area (Å²) in [5, 5.41) is 3.26. The van der Waals surface area contributed by atoms with E-state index in [9.17, 15) is 18.0 Å². The molecular weight excluding hydrogens is 599 g/mol. The third kappa shape index (κ3) is 7.72. The van der Waals surface area contributed by atoms with Crippen molar-refractivity contribution in [1.29, 1.82) is 0 Å². The number of nitrogens with one attached hydrogen (secondary N) is 2. The zero-order valence-corrected chi connectivity index (χ0v) is 26.6. The van der Waals surface area contributed by atoms with Gasteiger partial charge in [-0.2, -0.15) is 0 Å². The van der Waals surface area contributed by atoms with Crippen LogP contribution in [-0.2, 0) is 31.0 Å². The van der Waals surface area contributed by atoms with E-state index in [1.54, 1.807) is 43.0 Å². The molecule has 42 heavy (non-hydrogen) atoms. The maximum Gasteiger partial charge on any atom is 0.247 e. The van der Waals surface area contributed by atoms with Crippen molar-refractivity contribution in [2.24, 2.45) is 5.73 Å². The van der Waals surface area contributed by atoms with Crippen LogP contribution in [0, 0.1) is 0 Å². The highest BCUT2D eigenvalue weighted by Crippen LogP contribution is 2.47. The number of amides is 2. The van der Waals surface area contributed by atoms with Crippen LogP contribution in [0.4, 0.5) is 0 Å². The van der Waals surface area contributed by atoms with Gasteiger partial charge in [0.2, 0.25) is 21.8 Å². The molecular formula is C30H40Cl2N4O5S. The number of likely N-dealkylation sites (N-methyl/N-ethyl adjacent to an activating group) is 1. The largest absolute Gasteiger partial charge is 0.374 e. The van der Waals surface area contributed by atoms with Gasteiger partial charge in [0.25, 0.3) is 0 Å². The number of carbonyl (C=O) groups is 2. The summed E-state index contributed by atoms with van der Waals surface area (Å²) in [6, 6.07) is 15.2. The van der Waals surface area contributed by atoms with Crippen molar-refractivity contribution >= 4 is 50.8 Å². The highest BCUT2D eigenvalue weighted by Gasteiger charge is 2.50. The number of hydrogen-bond acceptors (Lipinski definition) is 6. The number of nitrogens with zero attached hydrogens (tertiary/aromatic N) is 1. The predicted octanol–water partition coefficient (Wildman–Crippen LogP) is 4.01. The minimum atomic E-state index is -3.84. The van der Waals surface area contributed by atoms with Crippen molar-refractivity contribution in [2.45, 2.75) is 70.2 Å². The summed E-state index contributed by atoms with van der Waals surface area (Å²) in [5.41, 5.74) is 6.15. The van der Waals surface area contributed by atoms with Crippen LogP contribution in [-0.4, -0.2) is 61.9 Å². The van der Waals surface area contributed by atoms with E-state index in [-0.39, 0.29) is 43.0 Å². The minimum Gasteiger partial charge on any atom is -0.374 e. The second kappa shape index (κ2) is 13.9. The number of benzene rings is 2. The van der Waals surface area contributed by atoms with Crippen LogP contribution in [0.15, 0.2) is 60.2 Å². The average Bonchev–Trinajstić information content (AvgIpc) is 3.47. The quantitative estimate of drug-likeness (QED) is 0.341. The van der Waals surface area contributed by atoms with E-state index < -0.39 is 33.1 Å². The van der Waals surface area contributed by atoms with Crippen LogP contribution in [0.3, 0.4) is 0 Å². The van der Waals surface area contributed by atoms with Gasteiger partial charge in [-0.15, -0.1) is 12.4 Å². The Balaban J connectivity index is 0.00000484. The van der Waals surface area contributed by atoms with Crippen LogP contribution in [0.1, 0.15) is 57.6 Å². The van der Waals surface area contributed by atoms with E-state index in [0.29, 0.717) is 35.5 Å². The van der Waals surface area contributed by atoms with Gasteiger partial charge in [0, 0.05) is 18.1 Å². The molecule has 0 aromatic heterocycles. The van der Waals surface area contributed by atoms with E-state index in [1.165, 1.54) is 0 Å². The number of hydrogen-bond donors (Lipinski definition) is 3. The summed E-state index contributed by atoms with van der Waals surface area (Å²) in [7, 11) is -3.84. The first-order chi connectivity index (χ1) is 19.4. The molecule has 230 valence electrons. The zero-order valence-electron chi connectivity index (χ0n) is 24.2. The van der Waals surface area contributed by atoms with Gasteiger partial charge >= 0.3 is 0 Å². The fourth-order valence-electron chi connectivity index (χ4n) is 5.43. The lowest BCUT2D eigenvalue weighted by Crippen LogP contribution is -2.58. The molecule has 2 aliphatic rings. The lowest BCUT2D eigenvalue weighted by molar-refractivity contribution is -0.139. The fourth-order valence-corrected chi connectivity index (χ4v) is 7.53. The lowest BCUT2D eigenvalue weighted by atomic mass is 9.87. The first-order valence-corrected chi connectivity index (χ1v) is 15.8. The highest BCUT2D eigenvalue weighted by atomic mass is 35.5. The summed E-state index contributed by atoms with van der Waals surface area (Å²) in [4.78, 5) is 28.6. The van der Waals surface area contributed by atoms with E-state index in [0.717, 1.165) is 18.4 Å². The van der Waals surface area contributed by atoms with Crippen LogP contribution in [0.25, 0.3) is 4.91 Å². The van der Waals surface area contributed by atoms with Crippen LogP contribution >= 0.6 is 24.0 Å². The smallest absolute Gasteiger partial charge is 0.247 e. The molecule has 1 spiro atoms. The van der Waals surface area contributed by atoms with E-state index in [1.807, 2.05) is 37.3 Å². The van der Waals surface area contributed by atoms with E-state index >= 15 is 0 Å². The Hall–Kier alpha value is -2.47. The molecule has 9 nitrogen and oxygen atoms in total. The second-order valence-electron chi connectivity index (χ2n) is 11.3. The molecule has 2 amide bonds. The van der Waals surface area contributed by atoms with Crippen molar-refractivity contribution in [3.63, 3.8) is 0 Å². The van der Waals surface area contributed by atoms with Gasteiger partial charge < -0.3 is 20.7 Å². The summed E-state index contributed by atoms with van der Waals surface area (Å²) >= 11 is 6.09. The predicted molar refractivity (Wildman–Crippen MR) is 167 cm³/mol. The van der Waals surface area contributed by atoms with E-state index in [4.69, 9.17) is 22.1 Å². The van der Waals surface area contributed by atoms with Gasteiger partial charge in [-0.1, -0.05) is 66.9 Å². The van der Waals surface area contributed by atoms with Gasteiger partial charge in [0.05, 0.1) is 29.2 Å². The first kappa shape index (κ1) is 34.0. The maximum absolute atomic E-state index is 14.0. The van der Waals surface area contributed by atoms with Crippen molar-refractivity contribution in [1.82, 2.24) is 14.9 Å². The molecule has 4 N–H and O–H groups in total. The van der Waals surface area contributed by atoms with Crippen molar-refractivity contribution in [3.05, 3.63) is 76.3 Å². The second-order valence-corrected chi connectivity index (χ2v) is 13.4. The Bertz CT molecular complexity index is 1390. The molecule has 2 aromatic carbocycles. The number of ether oxygens (including phenoxy) is 1. The maximum atomic E-state index is 14.0. The van der Waals surface area contributed by atoms with Crippen LogP contribution < -0.4 is 15.8 Å². The molecule has 1 saturated carbocycles. The number of sulfonamides is 1. The molecule has 1 fully saturated rings. The van der Waals surface area contributed by atoms with Gasteiger partial charge in [-0.25, -0.2) is 13.1 Å². The third-order valence-electron chi connectivity index (χ3n) is 7.64. The number of halogens is 2. The summed E-state index contributed by atoms with van der Waals surface area (Å²) < 4.78 is 35.9. The molecule has 1 unspecified atom stereocenters. The van der Waals surface area contributed by atoms with Crippen molar-refractivity contribution < 1.29 is 22.7 Å². The number of rotatable bonds is 11. The number of carbonyl (C=O) groups excluding carboxylic acids is 2. The first-order valence-electron chi connectivity index (χ1n) is 13.9. The molecule has 1 heterocycles. The molecule has 1 aliphatic heterocycles. The molecule has 1 aliphatic carbocycles. The van der Waals surface area contributed by atoms with Gasteiger partial charge in [0.1, 0.15) is 6.04 Å².